The molecule has 0 spiro atoms. The molecule has 0 amide bonds. The van der Waals surface area contributed by atoms with E-state index in [9.17, 15) is 0 Å². The molecule has 4 heteroatoms. The second-order valence-corrected chi connectivity index (χ2v) is 4.10. The quantitative estimate of drug-likeness (QED) is 0.426. The van der Waals surface area contributed by atoms with Gasteiger partial charge in [0.1, 0.15) is 10.2 Å². The van der Waals surface area contributed by atoms with Crippen molar-refractivity contribution in [3.8, 4) is 0 Å². The zero-order valence-corrected chi connectivity index (χ0v) is 9.11. The first kappa shape index (κ1) is 11.2. The predicted octanol–water partition coefficient (Wildman–Crippen LogP) is 2.65. The Balaban J connectivity index is 3.69. The Morgan fingerprint density at radius 2 is 2.55 bits per heavy atom. The summed E-state index contributed by atoms with van der Waals surface area (Å²) in [5, 5.41) is 0. The van der Waals surface area contributed by atoms with Crippen LogP contribution in [0.3, 0.4) is 0 Å². The Labute approximate surface area is 80.2 Å². The summed E-state index contributed by atoms with van der Waals surface area (Å²) in [7, 11) is 1.63. The number of halogens is 1. The molecule has 0 aromatic rings. The zero-order chi connectivity index (χ0) is 8.69. The molecule has 0 aromatic heterocycles. The average Bonchev–Trinajstić information content (AvgIpc) is 2.00. The van der Waals surface area contributed by atoms with Gasteiger partial charge in [-0.05, 0) is 22.9 Å². The first-order valence-corrected chi connectivity index (χ1v) is 4.98. The summed E-state index contributed by atoms with van der Waals surface area (Å²) >= 11 is 4.89. The number of thioether (sulfide) groups is 1. The van der Waals surface area contributed by atoms with Crippen LogP contribution >= 0.6 is 27.7 Å². The molecule has 0 saturated heterocycles. The average molecular weight is 238 g/mol. The van der Waals surface area contributed by atoms with Gasteiger partial charge in [-0.25, -0.2) is 4.99 Å². The molecule has 0 bridgehead atoms. The highest BCUT2D eigenvalue weighted by Gasteiger charge is 1.97. The molecule has 11 heavy (non-hydrogen) atoms. The van der Waals surface area contributed by atoms with Crippen LogP contribution in [0.15, 0.2) is 17.6 Å². The fourth-order valence-electron chi connectivity index (χ4n) is 0.361. The maximum atomic E-state index is 4.94. The van der Waals surface area contributed by atoms with E-state index in [-0.39, 0.29) is 6.23 Å². The predicted molar refractivity (Wildman–Crippen MR) is 55.5 cm³/mol. The van der Waals surface area contributed by atoms with Crippen molar-refractivity contribution in [2.45, 2.75) is 13.2 Å². The van der Waals surface area contributed by atoms with Crippen molar-refractivity contribution in [1.82, 2.24) is 0 Å². The fourth-order valence-corrected chi connectivity index (χ4v) is 1.52. The van der Waals surface area contributed by atoms with E-state index in [4.69, 9.17) is 4.74 Å². The summed E-state index contributed by atoms with van der Waals surface area (Å²) < 4.78 is 5.80. The number of hydrogen-bond donors (Lipinski definition) is 0. The number of methoxy groups -OCH3 is 1. The number of hydrogen-bond acceptors (Lipinski definition) is 3. The molecule has 0 aliphatic rings. The van der Waals surface area contributed by atoms with E-state index in [2.05, 4.69) is 27.5 Å². The standard InChI is InChI=1S/C7H12BrNOS/c1-4-5-11-7(8)9-6(2)10-3/h4,6H,1,5H2,2-3H3/b9-7-. The van der Waals surface area contributed by atoms with Gasteiger partial charge in [-0.2, -0.15) is 0 Å². The summed E-state index contributed by atoms with van der Waals surface area (Å²) in [5.74, 6) is 0.862. The number of ether oxygens (including phenoxy) is 1. The molecule has 1 atom stereocenters. The molecule has 64 valence electrons. The third-order valence-corrected chi connectivity index (χ3v) is 2.58. The second-order valence-electron chi connectivity index (χ2n) is 1.82. The van der Waals surface area contributed by atoms with Crippen LogP contribution in [0.5, 0.6) is 0 Å². The first-order chi connectivity index (χ1) is 5.20. The van der Waals surface area contributed by atoms with Crippen molar-refractivity contribution in [2.75, 3.05) is 12.9 Å². The van der Waals surface area contributed by atoms with Gasteiger partial charge in [0, 0.05) is 12.9 Å². The van der Waals surface area contributed by atoms with Gasteiger partial charge >= 0.3 is 0 Å². The minimum atomic E-state index is -0.0818. The molecule has 2 nitrogen and oxygen atoms in total. The van der Waals surface area contributed by atoms with Crippen LogP contribution in [-0.2, 0) is 4.74 Å². The Hall–Kier alpha value is 0.200. The molecular weight excluding hydrogens is 226 g/mol. The maximum absolute atomic E-state index is 4.94. The lowest BCUT2D eigenvalue weighted by Gasteiger charge is -2.03. The van der Waals surface area contributed by atoms with Gasteiger partial charge in [-0.3, -0.25) is 0 Å². The first-order valence-electron chi connectivity index (χ1n) is 3.20. The molecule has 0 fully saturated rings. The Bertz CT molecular complexity index is 149. The van der Waals surface area contributed by atoms with Gasteiger partial charge < -0.3 is 4.74 Å². The molecule has 0 heterocycles. The van der Waals surface area contributed by atoms with Crippen LogP contribution in [0.4, 0.5) is 0 Å². The van der Waals surface area contributed by atoms with Gasteiger partial charge in [-0.15, -0.1) is 6.58 Å². The summed E-state index contributed by atoms with van der Waals surface area (Å²) in [6, 6.07) is 0. The molecular formula is C7H12BrNOS. The smallest absolute Gasteiger partial charge is 0.147 e. The van der Waals surface area contributed by atoms with Crippen LogP contribution in [0.2, 0.25) is 0 Å². The molecule has 0 aromatic carbocycles. The summed E-state index contributed by atoms with van der Waals surface area (Å²) in [5.41, 5.74) is 0. The molecule has 1 unspecified atom stereocenters. The monoisotopic (exact) mass is 237 g/mol. The summed E-state index contributed by atoms with van der Waals surface area (Å²) in [6.07, 6.45) is 1.75. The normalized spacial score (nSPS) is 14.6. The highest BCUT2D eigenvalue weighted by molar-refractivity contribution is 9.22. The lowest BCUT2D eigenvalue weighted by Crippen LogP contribution is -2.01. The topological polar surface area (TPSA) is 21.6 Å². The minimum absolute atomic E-state index is 0.0818. The SMILES string of the molecule is C=CCS/C(Br)=N\C(C)OC. The third-order valence-electron chi connectivity index (χ3n) is 0.945. The van der Waals surface area contributed by atoms with Crippen LogP contribution in [-0.4, -0.2) is 23.0 Å². The van der Waals surface area contributed by atoms with Gasteiger partial charge in [-0.1, -0.05) is 17.8 Å². The van der Waals surface area contributed by atoms with E-state index in [1.165, 1.54) is 0 Å². The van der Waals surface area contributed by atoms with E-state index in [0.29, 0.717) is 0 Å². The maximum Gasteiger partial charge on any atom is 0.147 e. The third kappa shape index (κ3) is 6.59. The largest absolute Gasteiger partial charge is 0.360 e. The number of aliphatic imine (C=N–C) groups is 1. The van der Waals surface area contributed by atoms with Crippen molar-refractivity contribution in [3.63, 3.8) is 0 Å². The molecule has 0 rings (SSSR count). The van der Waals surface area contributed by atoms with Gasteiger partial charge in [0.2, 0.25) is 0 Å². The molecule has 0 aliphatic carbocycles. The highest BCUT2D eigenvalue weighted by atomic mass is 79.9. The van der Waals surface area contributed by atoms with Gasteiger partial charge in [0.25, 0.3) is 0 Å². The number of rotatable bonds is 4. The van der Waals surface area contributed by atoms with E-state index >= 15 is 0 Å². The molecule has 0 N–H and O–H groups in total. The Morgan fingerprint density at radius 3 is 3.00 bits per heavy atom. The molecule has 0 saturated carbocycles. The van der Waals surface area contributed by atoms with Crippen molar-refractivity contribution >= 4 is 31.6 Å². The van der Waals surface area contributed by atoms with Crippen LogP contribution in [0.25, 0.3) is 0 Å². The van der Waals surface area contributed by atoms with Crippen molar-refractivity contribution < 1.29 is 4.74 Å². The fraction of sp³-hybridized carbons (Fsp3) is 0.571. The van der Waals surface area contributed by atoms with Crippen LogP contribution in [0.1, 0.15) is 6.92 Å². The molecule has 0 aliphatic heterocycles. The van der Waals surface area contributed by atoms with Gasteiger partial charge in [0.15, 0.2) is 0 Å². The van der Waals surface area contributed by atoms with Crippen molar-refractivity contribution in [1.29, 1.82) is 0 Å². The van der Waals surface area contributed by atoms with Crippen LogP contribution < -0.4 is 0 Å². The molecule has 0 radical (unpaired) electrons. The second kappa shape index (κ2) is 6.88. The van der Waals surface area contributed by atoms with E-state index in [1.807, 2.05) is 13.0 Å². The van der Waals surface area contributed by atoms with E-state index in [0.717, 1.165) is 9.71 Å². The highest BCUT2D eigenvalue weighted by Crippen LogP contribution is 2.11. The Kier molecular flexibility index (Phi) is 7.01. The summed E-state index contributed by atoms with van der Waals surface area (Å²) in [4.78, 5) is 4.16. The summed E-state index contributed by atoms with van der Waals surface area (Å²) in [6.45, 7) is 5.49. The lowest BCUT2D eigenvalue weighted by atomic mass is 10.7. The van der Waals surface area contributed by atoms with Crippen molar-refractivity contribution in [3.05, 3.63) is 12.7 Å². The van der Waals surface area contributed by atoms with Crippen LogP contribution in [0, 0.1) is 0 Å². The number of nitrogens with zero attached hydrogens (tertiary/aromatic N) is 1. The van der Waals surface area contributed by atoms with E-state index < -0.39 is 0 Å². The minimum Gasteiger partial charge on any atom is -0.360 e. The lowest BCUT2D eigenvalue weighted by molar-refractivity contribution is 0.127. The Morgan fingerprint density at radius 1 is 1.91 bits per heavy atom. The van der Waals surface area contributed by atoms with Gasteiger partial charge in [0.05, 0.1) is 0 Å². The van der Waals surface area contributed by atoms with Crippen molar-refractivity contribution in [2.24, 2.45) is 4.99 Å². The zero-order valence-electron chi connectivity index (χ0n) is 6.71. The van der Waals surface area contributed by atoms with E-state index in [1.54, 1.807) is 18.9 Å².